The minimum Gasteiger partial charge on any atom is -0.340 e. The molecular weight excluding hydrogens is 362 g/mol. The highest BCUT2D eigenvalue weighted by Gasteiger charge is 2.31. The number of nitrogens with two attached hydrogens (primary N) is 1. The summed E-state index contributed by atoms with van der Waals surface area (Å²) in [5, 5.41) is 0. The maximum absolute atomic E-state index is 12.9. The first-order valence-electron chi connectivity index (χ1n) is 10.0. The number of benzene rings is 1. The van der Waals surface area contributed by atoms with E-state index in [1.807, 2.05) is 12.1 Å². The molecule has 1 unspecified atom stereocenters. The van der Waals surface area contributed by atoms with Gasteiger partial charge in [0, 0.05) is 38.6 Å². The Hall–Kier alpha value is -1.44. The van der Waals surface area contributed by atoms with Crippen molar-refractivity contribution in [3.05, 3.63) is 29.8 Å². The Morgan fingerprint density at radius 1 is 1.07 bits per heavy atom. The lowest BCUT2D eigenvalue weighted by molar-refractivity contribution is -0.135. The average Bonchev–Trinajstić information content (AvgIpc) is 2.73. The second-order valence-electron chi connectivity index (χ2n) is 7.77. The van der Waals surface area contributed by atoms with E-state index in [0.717, 1.165) is 0 Å². The highest BCUT2D eigenvalue weighted by Crippen LogP contribution is 2.33. The molecule has 27 heavy (non-hydrogen) atoms. The Kier molecular flexibility index (Phi) is 6.55. The lowest BCUT2D eigenvalue weighted by Gasteiger charge is -2.35. The van der Waals surface area contributed by atoms with E-state index in [1.165, 1.54) is 42.0 Å². The minimum atomic E-state index is -3.51. The number of carbonyl (C=O) groups is 1. The van der Waals surface area contributed by atoms with Crippen molar-refractivity contribution in [2.24, 2.45) is 11.7 Å². The van der Waals surface area contributed by atoms with Crippen molar-refractivity contribution in [1.82, 2.24) is 9.21 Å². The molecule has 1 amide bonds. The van der Waals surface area contributed by atoms with Gasteiger partial charge in [-0.15, -0.1) is 0 Å². The monoisotopic (exact) mass is 393 g/mol. The van der Waals surface area contributed by atoms with Crippen LogP contribution in [0.15, 0.2) is 29.2 Å². The van der Waals surface area contributed by atoms with Crippen LogP contribution in [0.2, 0.25) is 0 Å². The molecule has 0 bridgehead atoms. The van der Waals surface area contributed by atoms with Crippen molar-refractivity contribution in [3.63, 3.8) is 0 Å². The van der Waals surface area contributed by atoms with Gasteiger partial charge in [0.1, 0.15) is 0 Å². The number of hydrogen-bond donors (Lipinski definition) is 1. The molecule has 1 atom stereocenters. The van der Waals surface area contributed by atoms with Crippen molar-refractivity contribution >= 4 is 15.9 Å². The van der Waals surface area contributed by atoms with Gasteiger partial charge in [0.25, 0.3) is 0 Å². The molecule has 0 radical (unpaired) electrons. The molecule has 7 heteroatoms. The molecule has 0 aromatic heterocycles. The van der Waals surface area contributed by atoms with Crippen molar-refractivity contribution < 1.29 is 13.2 Å². The third-order valence-corrected chi connectivity index (χ3v) is 7.83. The topological polar surface area (TPSA) is 83.7 Å². The van der Waals surface area contributed by atoms with Gasteiger partial charge in [-0.3, -0.25) is 4.79 Å². The first kappa shape index (κ1) is 20.3. The second kappa shape index (κ2) is 8.71. The summed E-state index contributed by atoms with van der Waals surface area (Å²) in [6, 6.07) is 7.44. The summed E-state index contributed by atoms with van der Waals surface area (Å²) in [5.41, 5.74) is 6.81. The van der Waals surface area contributed by atoms with E-state index < -0.39 is 10.0 Å². The van der Waals surface area contributed by atoms with Crippen LogP contribution in [0.25, 0.3) is 0 Å². The van der Waals surface area contributed by atoms with Crippen LogP contribution in [0.1, 0.15) is 50.5 Å². The molecule has 1 aromatic rings. The van der Waals surface area contributed by atoms with E-state index in [2.05, 4.69) is 0 Å². The van der Waals surface area contributed by atoms with Gasteiger partial charge in [-0.2, -0.15) is 4.31 Å². The summed E-state index contributed by atoms with van der Waals surface area (Å²) in [4.78, 5) is 14.3. The van der Waals surface area contributed by atoms with Crippen molar-refractivity contribution in [1.29, 1.82) is 0 Å². The molecule has 2 fully saturated rings. The molecule has 1 aliphatic carbocycles. The maximum atomic E-state index is 12.9. The van der Waals surface area contributed by atoms with E-state index in [-0.39, 0.29) is 11.8 Å². The zero-order valence-electron chi connectivity index (χ0n) is 16.1. The zero-order chi connectivity index (χ0) is 19.4. The number of carbonyl (C=O) groups excluding carboxylic acids is 1. The number of sulfonamides is 1. The number of piperazine rings is 1. The fourth-order valence-corrected chi connectivity index (χ4v) is 5.48. The van der Waals surface area contributed by atoms with Gasteiger partial charge < -0.3 is 10.6 Å². The highest BCUT2D eigenvalue weighted by molar-refractivity contribution is 7.89. The van der Waals surface area contributed by atoms with Crippen LogP contribution >= 0.6 is 0 Å². The molecule has 0 spiro atoms. The molecule has 2 aliphatic rings. The van der Waals surface area contributed by atoms with Crippen molar-refractivity contribution in [3.8, 4) is 0 Å². The van der Waals surface area contributed by atoms with Gasteiger partial charge in [-0.05, 0) is 36.5 Å². The molecule has 2 N–H and O–H groups in total. The lowest BCUT2D eigenvalue weighted by Crippen LogP contribution is -2.52. The summed E-state index contributed by atoms with van der Waals surface area (Å²) in [6.07, 6.45) is 6.22. The summed E-state index contributed by atoms with van der Waals surface area (Å²) in [5.74, 6) is 0.349. The second-order valence-corrected chi connectivity index (χ2v) is 9.71. The van der Waals surface area contributed by atoms with Crippen molar-refractivity contribution in [2.75, 3.05) is 32.7 Å². The molecule has 1 saturated carbocycles. The first-order chi connectivity index (χ1) is 12.9. The van der Waals surface area contributed by atoms with Crippen LogP contribution in [0.5, 0.6) is 0 Å². The number of nitrogens with zero attached hydrogens (tertiary/aromatic N) is 2. The SMILES string of the molecule is CC(CN)C(=O)N1CCN(S(=O)(=O)c2ccc(C3CCCCC3)cc2)CC1. The van der Waals surface area contributed by atoms with Gasteiger partial charge in [0.05, 0.1) is 4.90 Å². The van der Waals surface area contributed by atoms with Gasteiger partial charge in [0.15, 0.2) is 0 Å². The highest BCUT2D eigenvalue weighted by atomic mass is 32.2. The number of rotatable bonds is 5. The third-order valence-electron chi connectivity index (χ3n) is 5.92. The minimum absolute atomic E-state index is 0.00591. The van der Waals surface area contributed by atoms with Crippen LogP contribution in [0.3, 0.4) is 0 Å². The molecule has 1 saturated heterocycles. The van der Waals surface area contributed by atoms with Crippen molar-refractivity contribution in [2.45, 2.75) is 49.8 Å². The summed E-state index contributed by atoms with van der Waals surface area (Å²) < 4.78 is 27.4. The molecular formula is C20H31N3O3S. The Labute approximate surface area is 162 Å². The van der Waals surface area contributed by atoms with E-state index in [9.17, 15) is 13.2 Å². The number of hydrogen-bond acceptors (Lipinski definition) is 4. The predicted octanol–water partition coefficient (Wildman–Crippen LogP) is 2.16. The van der Waals surface area contributed by atoms with Crippen LogP contribution in [0, 0.1) is 5.92 Å². The number of amides is 1. The van der Waals surface area contributed by atoms with Gasteiger partial charge in [-0.1, -0.05) is 38.3 Å². The zero-order valence-corrected chi connectivity index (χ0v) is 17.0. The van der Waals surface area contributed by atoms with E-state index >= 15 is 0 Å². The van der Waals surface area contributed by atoms with Crippen LogP contribution < -0.4 is 5.73 Å². The first-order valence-corrected chi connectivity index (χ1v) is 11.5. The van der Waals surface area contributed by atoms with Gasteiger partial charge in [0.2, 0.25) is 15.9 Å². The molecule has 1 aliphatic heterocycles. The maximum Gasteiger partial charge on any atom is 0.243 e. The van der Waals surface area contributed by atoms with Crippen LogP contribution in [-0.2, 0) is 14.8 Å². The Morgan fingerprint density at radius 2 is 1.67 bits per heavy atom. The van der Waals surface area contributed by atoms with Crippen LogP contribution in [-0.4, -0.2) is 56.3 Å². The Bertz CT molecular complexity index is 734. The van der Waals surface area contributed by atoms with E-state index in [0.29, 0.717) is 43.5 Å². The average molecular weight is 394 g/mol. The lowest BCUT2D eigenvalue weighted by atomic mass is 9.84. The fourth-order valence-electron chi connectivity index (χ4n) is 4.06. The summed E-state index contributed by atoms with van der Waals surface area (Å²) in [7, 11) is -3.51. The predicted molar refractivity (Wildman–Crippen MR) is 106 cm³/mol. The Morgan fingerprint density at radius 3 is 2.22 bits per heavy atom. The van der Waals surface area contributed by atoms with Gasteiger partial charge in [-0.25, -0.2) is 8.42 Å². The molecule has 150 valence electrons. The van der Waals surface area contributed by atoms with E-state index in [1.54, 1.807) is 24.0 Å². The molecule has 3 rings (SSSR count). The smallest absolute Gasteiger partial charge is 0.243 e. The Balaban J connectivity index is 1.64. The summed E-state index contributed by atoms with van der Waals surface area (Å²) >= 11 is 0. The summed E-state index contributed by atoms with van der Waals surface area (Å²) in [6.45, 7) is 3.61. The molecule has 1 heterocycles. The van der Waals surface area contributed by atoms with Gasteiger partial charge >= 0.3 is 0 Å². The normalized spacial score (nSPS) is 21.2. The van der Waals surface area contributed by atoms with E-state index in [4.69, 9.17) is 5.73 Å². The quantitative estimate of drug-likeness (QED) is 0.831. The fraction of sp³-hybridized carbons (Fsp3) is 0.650. The molecule has 1 aromatic carbocycles. The largest absolute Gasteiger partial charge is 0.340 e. The molecule has 6 nitrogen and oxygen atoms in total. The van der Waals surface area contributed by atoms with Crippen LogP contribution in [0.4, 0.5) is 0 Å². The standard InChI is InChI=1S/C20H31N3O3S/c1-16(15-21)20(24)22-11-13-23(14-12-22)27(25,26)19-9-7-18(8-10-19)17-5-3-2-4-6-17/h7-10,16-17H,2-6,11-15,21H2,1H3. The third kappa shape index (κ3) is 4.52.